The van der Waals surface area contributed by atoms with Crippen LogP contribution in [0.4, 0.5) is 0 Å². The molecule has 0 aliphatic carbocycles. The Balaban J connectivity index is 1.73. The molecule has 5 nitrogen and oxygen atoms in total. The first-order valence-corrected chi connectivity index (χ1v) is 7.52. The standard InChI is InChI=1S/C16H22N4O/c1-4-20-12(2)9-14(13(20)3)15(21)10-18-7-8-19-6-5-17-16(19)11-18/h5-6,9H,4,7-8,10-11H2,1-3H3. The Kier molecular flexibility index (Phi) is 3.68. The smallest absolute Gasteiger partial charge is 0.178 e. The number of carbonyl (C=O) groups is 1. The van der Waals surface area contributed by atoms with Crippen LogP contribution in [-0.2, 0) is 19.6 Å². The maximum atomic E-state index is 12.6. The second-order valence-corrected chi connectivity index (χ2v) is 5.70. The number of carbonyl (C=O) groups excluding carboxylic acids is 1. The van der Waals surface area contributed by atoms with Gasteiger partial charge in [0.15, 0.2) is 5.78 Å². The fourth-order valence-corrected chi connectivity index (χ4v) is 3.22. The molecule has 0 aromatic carbocycles. The van der Waals surface area contributed by atoms with E-state index in [1.165, 1.54) is 0 Å². The summed E-state index contributed by atoms with van der Waals surface area (Å²) in [6.07, 6.45) is 3.83. The van der Waals surface area contributed by atoms with E-state index in [4.69, 9.17) is 0 Å². The van der Waals surface area contributed by atoms with Crippen LogP contribution in [0.5, 0.6) is 0 Å². The maximum Gasteiger partial charge on any atom is 0.178 e. The molecule has 0 bridgehead atoms. The largest absolute Gasteiger partial charge is 0.349 e. The zero-order valence-corrected chi connectivity index (χ0v) is 13.0. The molecule has 2 aromatic rings. The van der Waals surface area contributed by atoms with Crippen molar-refractivity contribution in [3.05, 3.63) is 41.2 Å². The molecule has 1 aliphatic heterocycles. The van der Waals surface area contributed by atoms with Gasteiger partial charge in [-0.2, -0.15) is 0 Å². The zero-order chi connectivity index (χ0) is 15.0. The molecule has 0 saturated heterocycles. The summed E-state index contributed by atoms with van der Waals surface area (Å²) in [7, 11) is 0. The van der Waals surface area contributed by atoms with E-state index in [0.29, 0.717) is 6.54 Å². The highest BCUT2D eigenvalue weighted by Crippen LogP contribution is 2.17. The van der Waals surface area contributed by atoms with Gasteiger partial charge in [-0.25, -0.2) is 4.98 Å². The summed E-state index contributed by atoms with van der Waals surface area (Å²) in [5.74, 6) is 1.26. The Bertz CT molecular complexity index is 668. The third kappa shape index (κ3) is 2.53. The molecule has 3 rings (SSSR count). The number of Topliss-reactive ketones (excluding diaryl/α,β-unsaturated/α-hetero) is 1. The van der Waals surface area contributed by atoms with Gasteiger partial charge in [0.25, 0.3) is 0 Å². The summed E-state index contributed by atoms with van der Waals surface area (Å²) >= 11 is 0. The predicted molar refractivity (Wildman–Crippen MR) is 81.4 cm³/mol. The number of aryl methyl sites for hydroxylation is 1. The van der Waals surface area contributed by atoms with Gasteiger partial charge in [-0.1, -0.05) is 0 Å². The molecule has 21 heavy (non-hydrogen) atoms. The van der Waals surface area contributed by atoms with E-state index in [-0.39, 0.29) is 5.78 Å². The molecule has 112 valence electrons. The second-order valence-electron chi connectivity index (χ2n) is 5.70. The van der Waals surface area contributed by atoms with Gasteiger partial charge in [-0.3, -0.25) is 9.69 Å². The lowest BCUT2D eigenvalue weighted by molar-refractivity contribution is 0.0907. The summed E-state index contributed by atoms with van der Waals surface area (Å²) < 4.78 is 4.35. The van der Waals surface area contributed by atoms with Gasteiger partial charge in [0.2, 0.25) is 0 Å². The van der Waals surface area contributed by atoms with Crippen molar-refractivity contribution in [1.29, 1.82) is 0 Å². The van der Waals surface area contributed by atoms with Crippen molar-refractivity contribution in [2.24, 2.45) is 0 Å². The number of ketones is 1. The Morgan fingerprint density at radius 2 is 2.14 bits per heavy atom. The molecule has 0 unspecified atom stereocenters. The van der Waals surface area contributed by atoms with Gasteiger partial charge in [0.05, 0.1) is 13.1 Å². The fourth-order valence-electron chi connectivity index (χ4n) is 3.22. The molecule has 2 aromatic heterocycles. The van der Waals surface area contributed by atoms with Gasteiger partial charge in [-0.05, 0) is 26.8 Å². The van der Waals surface area contributed by atoms with Crippen molar-refractivity contribution in [2.45, 2.75) is 40.4 Å². The lowest BCUT2D eigenvalue weighted by atomic mass is 10.1. The molecule has 0 spiro atoms. The average Bonchev–Trinajstić information content (AvgIpc) is 3.02. The monoisotopic (exact) mass is 286 g/mol. The number of fused-ring (bicyclic) bond motifs is 1. The molecule has 1 aliphatic rings. The first-order chi connectivity index (χ1) is 10.1. The van der Waals surface area contributed by atoms with Crippen LogP contribution in [0.2, 0.25) is 0 Å². The Morgan fingerprint density at radius 1 is 1.33 bits per heavy atom. The molecule has 3 heterocycles. The Morgan fingerprint density at radius 3 is 2.86 bits per heavy atom. The van der Waals surface area contributed by atoms with Crippen molar-refractivity contribution in [3.63, 3.8) is 0 Å². The van der Waals surface area contributed by atoms with E-state index in [0.717, 1.165) is 49.0 Å². The highest BCUT2D eigenvalue weighted by atomic mass is 16.1. The highest BCUT2D eigenvalue weighted by molar-refractivity contribution is 5.99. The van der Waals surface area contributed by atoms with Crippen LogP contribution >= 0.6 is 0 Å². The van der Waals surface area contributed by atoms with E-state index in [2.05, 4.69) is 32.9 Å². The molecule has 5 heteroatoms. The first-order valence-electron chi connectivity index (χ1n) is 7.52. The summed E-state index contributed by atoms with van der Waals surface area (Å²) in [5.41, 5.74) is 3.11. The first kappa shape index (κ1) is 14.1. The van der Waals surface area contributed by atoms with Crippen LogP contribution in [0.3, 0.4) is 0 Å². The molecule has 0 atom stereocenters. The maximum absolute atomic E-state index is 12.6. The SMILES string of the molecule is CCn1c(C)cc(C(=O)CN2CCn3ccnc3C2)c1C. The minimum absolute atomic E-state index is 0.211. The minimum atomic E-state index is 0.211. The quantitative estimate of drug-likeness (QED) is 0.808. The average molecular weight is 286 g/mol. The van der Waals surface area contributed by atoms with Crippen molar-refractivity contribution in [3.8, 4) is 0 Å². The van der Waals surface area contributed by atoms with Crippen LogP contribution in [0.25, 0.3) is 0 Å². The van der Waals surface area contributed by atoms with E-state index in [9.17, 15) is 4.79 Å². The second kappa shape index (κ2) is 5.48. The fraction of sp³-hybridized carbons (Fsp3) is 0.500. The normalized spacial score (nSPS) is 15.2. The highest BCUT2D eigenvalue weighted by Gasteiger charge is 2.21. The van der Waals surface area contributed by atoms with E-state index in [1.807, 2.05) is 25.4 Å². The summed E-state index contributed by atoms with van der Waals surface area (Å²) in [4.78, 5) is 19.1. The molecule has 0 N–H and O–H groups in total. The molecule has 0 amide bonds. The third-order valence-electron chi connectivity index (χ3n) is 4.38. The van der Waals surface area contributed by atoms with Gasteiger partial charge < -0.3 is 9.13 Å². The van der Waals surface area contributed by atoms with Gasteiger partial charge >= 0.3 is 0 Å². The molecule has 0 radical (unpaired) electrons. The molecule has 0 saturated carbocycles. The van der Waals surface area contributed by atoms with Gasteiger partial charge in [0, 0.05) is 49.0 Å². The number of nitrogens with zero attached hydrogens (tertiary/aromatic N) is 4. The van der Waals surface area contributed by atoms with Crippen LogP contribution < -0.4 is 0 Å². The summed E-state index contributed by atoms with van der Waals surface area (Å²) in [6, 6.07) is 2.02. The van der Waals surface area contributed by atoms with Gasteiger partial charge in [0.1, 0.15) is 5.82 Å². The van der Waals surface area contributed by atoms with Crippen LogP contribution in [0.15, 0.2) is 18.5 Å². The van der Waals surface area contributed by atoms with E-state index in [1.54, 1.807) is 0 Å². The molecule has 0 fully saturated rings. The molecular formula is C16H22N4O. The number of hydrogen-bond donors (Lipinski definition) is 0. The van der Waals surface area contributed by atoms with Crippen LogP contribution in [0, 0.1) is 13.8 Å². The third-order valence-corrected chi connectivity index (χ3v) is 4.38. The Hall–Kier alpha value is -1.88. The van der Waals surface area contributed by atoms with Crippen LogP contribution in [0.1, 0.15) is 34.5 Å². The number of rotatable bonds is 4. The lowest BCUT2D eigenvalue weighted by Crippen LogP contribution is -2.37. The lowest BCUT2D eigenvalue weighted by Gasteiger charge is -2.26. The zero-order valence-electron chi connectivity index (χ0n) is 13.0. The number of aromatic nitrogens is 3. The Labute approximate surface area is 125 Å². The van der Waals surface area contributed by atoms with Crippen molar-refractivity contribution in [2.75, 3.05) is 13.1 Å². The number of imidazole rings is 1. The van der Waals surface area contributed by atoms with Crippen molar-refractivity contribution >= 4 is 5.78 Å². The topological polar surface area (TPSA) is 43.1 Å². The summed E-state index contributed by atoms with van der Waals surface area (Å²) in [5, 5.41) is 0. The minimum Gasteiger partial charge on any atom is -0.349 e. The van der Waals surface area contributed by atoms with E-state index >= 15 is 0 Å². The van der Waals surface area contributed by atoms with E-state index < -0.39 is 0 Å². The van der Waals surface area contributed by atoms with Crippen molar-refractivity contribution < 1.29 is 4.79 Å². The van der Waals surface area contributed by atoms with Crippen LogP contribution in [-0.4, -0.2) is 37.9 Å². The number of hydrogen-bond acceptors (Lipinski definition) is 3. The van der Waals surface area contributed by atoms with Crippen molar-refractivity contribution in [1.82, 2.24) is 19.0 Å². The predicted octanol–water partition coefficient (Wildman–Crippen LogP) is 2.02. The molecular weight excluding hydrogens is 264 g/mol. The van der Waals surface area contributed by atoms with Gasteiger partial charge in [-0.15, -0.1) is 0 Å². The summed E-state index contributed by atoms with van der Waals surface area (Å²) in [6.45, 7) is 10.2.